The number of oxime groups is 1. The summed E-state index contributed by atoms with van der Waals surface area (Å²) in [6.45, 7) is 3.72. The summed E-state index contributed by atoms with van der Waals surface area (Å²) in [4.78, 5) is 6.02. The number of nitrogens with two attached hydrogens (primary N) is 1. The van der Waals surface area contributed by atoms with Gasteiger partial charge in [-0.15, -0.1) is 0 Å². The van der Waals surface area contributed by atoms with Crippen LogP contribution in [-0.2, 0) is 6.54 Å². The van der Waals surface area contributed by atoms with Gasteiger partial charge in [0.25, 0.3) is 0 Å². The zero-order valence-electron chi connectivity index (χ0n) is 9.74. The highest BCUT2D eigenvalue weighted by atomic mass is 16.4. The minimum absolute atomic E-state index is 0.0483. The molecule has 16 heavy (non-hydrogen) atoms. The molecule has 0 aliphatic heterocycles. The average molecular weight is 225 g/mol. The first-order valence-electron chi connectivity index (χ1n) is 5.28. The van der Waals surface area contributed by atoms with Crippen molar-refractivity contribution >= 4 is 5.84 Å². The summed E-state index contributed by atoms with van der Waals surface area (Å²) >= 11 is 0. The molecular weight excluding hydrogens is 206 g/mol. The number of rotatable bonds is 6. The Morgan fingerprint density at radius 3 is 3.00 bits per heavy atom. The summed E-state index contributed by atoms with van der Waals surface area (Å²) < 4.78 is 2.03. The SMILES string of the molecule is CC(C(N)=NO)N(C)CCCn1ccnc1. The van der Waals surface area contributed by atoms with E-state index in [9.17, 15) is 0 Å². The van der Waals surface area contributed by atoms with Gasteiger partial charge in [-0.3, -0.25) is 4.90 Å². The largest absolute Gasteiger partial charge is 0.409 e. The molecule has 0 amide bonds. The Balaban J connectivity index is 2.27. The van der Waals surface area contributed by atoms with Crippen LogP contribution in [0.15, 0.2) is 23.9 Å². The molecule has 3 N–H and O–H groups in total. The van der Waals surface area contributed by atoms with Gasteiger partial charge in [-0.05, 0) is 20.4 Å². The molecule has 0 bridgehead atoms. The second-order valence-electron chi connectivity index (χ2n) is 3.84. The lowest BCUT2D eigenvalue weighted by Crippen LogP contribution is -2.41. The standard InChI is InChI=1S/C10H19N5O/c1-9(10(11)13-16)14(2)5-3-6-15-7-4-12-8-15/h4,7-9,16H,3,5-6H2,1-2H3,(H2,11,13). The van der Waals surface area contributed by atoms with E-state index in [1.165, 1.54) is 0 Å². The maximum atomic E-state index is 8.55. The predicted octanol–water partition coefficient (Wildman–Crippen LogP) is 0.340. The molecule has 1 heterocycles. The Hall–Kier alpha value is -1.56. The molecule has 0 saturated heterocycles. The van der Waals surface area contributed by atoms with Crippen LogP contribution in [-0.4, -0.2) is 45.1 Å². The second kappa shape index (κ2) is 6.12. The maximum absolute atomic E-state index is 8.55. The van der Waals surface area contributed by atoms with Gasteiger partial charge in [-0.25, -0.2) is 4.98 Å². The van der Waals surface area contributed by atoms with Crippen LogP contribution in [0, 0.1) is 0 Å². The van der Waals surface area contributed by atoms with E-state index < -0.39 is 0 Å². The molecule has 0 radical (unpaired) electrons. The topological polar surface area (TPSA) is 79.7 Å². The van der Waals surface area contributed by atoms with Gasteiger partial charge in [0.1, 0.15) is 0 Å². The first kappa shape index (κ1) is 12.5. The van der Waals surface area contributed by atoms with Gasteiger partial charge in [0, 0.05) is 25.5 Å². The van der Waals surface area contributed by atoms with Gasteiger partial charge in [0.2, 0.25) is 0 Å². The fraction of sp³-hybridized carbons (Fsp3) is 0.600. The quantitative estimate of drug-likeness (QED) is 0.317. The van der Waals surface area contributed by atoms with Crippen molar-refractivity contribution in [2.75, 3.05) is 13.6 Å². The van der Waals surface area contributed by atoms with E-state index in [2.05, 4.69) is 10.1 Å². The number of aromatic nitrogens is 2. The average Bonchev–Trinajstić information content (AvgIpc) is 2.79. The monoisotopic (exact) mass is 225 g/mol. The van der Waals surface area contributed by atoms with Gasteiger partial charge in [-0.1, -0.05) is 5.16 Å². The van der Waals surface area contributed by atoms with Crippen molar-refractivity contribution < 1.29 is 5.21 Å². The highest BCUT2D eigenvalue weighted by molar-refractivity contribution is 5.84. The van der Waals surface area contributed by atoms with Crippen LogP contribution >= 0.6 is 0 Å². The number of hydrogen-bond acceptors (Lipinski definition) is 4. The molecule has 6 nitrogen and oxygen atoms in total. The lowest BCUT2D eigenvalue weighted by Gasteiger charge is -2.23. The zero-order chi connectivity index (χ0) is 12.0. The lowest BCUT2D eigenvalue weighted by atomic mass is 10.2. The van der Waals surface area contributed by atoms with Crippen LogP contribution < -0.4 is 5.73 Å². The number of imidazole rings is 1. The van der Waals surface area contributed by atoms with Crippen molar-refractivity contribution in [3.8, 4) is 0 Å². The molecule has 1 aromatic heterocycles. The fourth-order valence-corrected chi connectivity index (χ4v) is 1.42. The molecular formula is C10H19N5O. The molecule has 1 atom stereocenters. The van der Waals surface area contributed by atoms with Crippen molar-refractivity contribution in [2.45, 2.75) is 25.9 Å². The third-order valence-corrected chi connectivity index (χ3v) is 2.69. The second-order valence-corrected chi connectivity index (χ2v) is 3.84. The number of likely N-dealkylation sites (N-methyl/N-ethyl adjacent to an activating group) is 1. The van der Waals surface area contributed by atoms with Crippen molar-refractivity contribution in [1.29, 1.82) is 0 Å². The van der Waals surface area contributed by atoms with Crippen molar-refractivity contribution in [3.63, 3.8) is 0 Å². The number of aryl methyl sites for hydroxylation is 1. The number of hydrogen-bond donors (Lipinski definition) is 2. The van der Waals surface area contributed by atoms with E-state index in [0.29, 0.717) is 0 Å². The van der Waals surface area contributed by atoms with Gasteiger partial charge in [0.05, 0.1) is 12.4 Å². The van der Waals surface area contributed by atoms with Crippen LogP contribution in [0.5, 0.6) is 0 Å². The minimum Gasteiger partial charge on any atom is -0.409 e. The van der Waals surface area contributed by atoms with Crippen LogP contribution in [0.4, 0.5) is 0 Å². The molecule has 90 valence electrons. The molecule has 0 aliphatic rings. The Labute approximate surface area is 95.4 Å². The molecule has 0 fully saturated rings. The van der Waals surface area contributed by atoms with Gasteiger partial charge in [-0.2, -0.15) is 0 Å². The minimum atomic E-state index is -0.0483. The normalized spacial score (nSPS) is 14.3. The summed E-state index contributed by atoms with van der Waals surface area (Å²) in [7, 11) is 1.95. The molecule has 1 aromatic rings. The molecule has 0 aliphatic carbocycles. The third-order valence-electron chi connectivity index (χ3n) is 2.69. The highest BCUT2D eigenvalue weighted by Gasteiger charge is 2.12. The third kappa shape index (κ3) is 3.54. The molecule has 6 heteroatoms. The van der Waals surface area contributed by atoms with Crippen molar-refractivity contribution in [1.82, 2.24) is 14.5 Å². The van der Waals surface area contributed by atoms with E-state index in [0.717, 1.165) is 19.5 Å². The Kier molecular flexibility index (Phi) is 4.78. The predicted molar refractivity (Wildman–Crippen MR) is 62.3 cm³/mol. The van der Waals surface area contributed by atoms with E-state index in [1.807, 2.05) is 29.6 Å². The molecule has 1 unspecified atom stereocenters. The molecule has 0 spiro atoms. The lowest BCUT2D eigenvalue weighted by molar-refractivity contribution is 0.278. The van der Waals surface area contributed by atoms with Crippen LogP contribution in [0.1, 0.15) is 13.3 Å². The van der Waals surface area contributed by atoms with Gasteiger partial charge in [0.15, 0.2) is 5.84 Å². The van der Waals surface area contributed by atoms with Crippen LogP contribution in [0.3, 0.4) is 0 Å². The van der Waals surface area contributed by atoms with Gasteiger partial charge >= 0.3 is 0 Å². The maximum Gasteiger partial charge on any atom is 0.156 e. The summed E-state index contributed by atoms with van der Waals surface area (Å²) in [6, 6.07) is -0.0483. The molecule has 0 saturated carbocycles. The van der Waals surface area contributed by atoms with Crippen molar-refractivity contribution in [2.24, 2.45) is 10.9 Å². The van der Waals surface area contributed by atoms with Gasteiger partial charge < -0.3 is 15.5 Å². The van der Waals surface area contributed by atoms with E-state index in [-0.39, 0.29) is 11.9 Å². The fourth-order valence-electron chi connectivity index (χ4n) is 1.42. The van der Waals surface area contributed by atoms with E-state index in [4.69, 9.17) is 10.9 Å². The number of amidine groups is 1. The molecule has 0 aromatic carbocycles. The number of nitrogens with zero attached hydrogens (tertiary/aromatic N) is 4. The smallest absolute Gasteiger partial charge is 0.156 e. The first-order valence-corrected chi connectivity index (χ1v) is 5.28. The summed E-state index contributed by atoms with van der Waals surface area (Å²) in [5.74, 6) is 0.241. The summed E-state index contributed by atoms with van der Waals surface area (Å²) in [5, 5.41) is 11.6. The van der Waals surface area contributed by atoms with Crippen LogP contribution in [0.2, 0.25) is 0 Å². The van der Waals surface area contributed by atoms with Crippen molar-refractivity contribution in [3.05, 3.63) is 18.7 Å². The first-order chi connectivity index (χ1) is 7.65. The highest BCUT2D eigenvalue weighted by Crippen LogP contribution is 1.99. The van der Waals surface area contributed by atoms with E-state index in [1.54, 1.807) is 12.5 Å². The molecule has 1 rings (SSSR count). The Morgan fingerprint density at radius 1 is 1.69 bits per heavy atom. The van der Waals surface area contributed by atoms with Crippen LogP contribution in [0.25, 0.3) is 0 Å². The van der Waals surface area contributed by atoms with E-state index >= 15 is 0 Å². The Bertz CT molecular complexity index is 322. The summed E-state index contributed by atoms with van der Waals surface area (Å²) in [6.07, 6.45) is 6.50. The Morgan fingerprint density at radius 2 is 2.44 bits per heavy atom. The summed E-state index contributed by atoms with van der Waals surface area (Å²) in [5.41, 5.74) is 5.53. The zero-order valence-corrected chi connectivity index (χ0v) is 9.74.